The fourth-order valence-corrected chi connectivity index (χ4v) is 4.00. The Hall–Kier alpha value is -2.51. The Kier molecular flexibility index (Phi) is 3.75. The van der Waals surface area contributed by atoms with Crippen LogP contribution < -0.4 is 15.0 Å². The summed E-state index contributed by atoms with van der Waals surface area (Å²) < 4.78 is 6.10. The number of nitrogens with zero attached hydrogens (tertiary/aromatic N) is 2. The number of rotatable bonds is 2. The number of fused-ring (bicyclic) bond motifs is 4. The van der Waals surface area contributed by atoms with Crippen LogP contribution in [0.15, 0.2) is 36.4 Å². The number of hydrogen-bond acceptors (Lipinski definition) is 4. The van der Waals surface area contributed by atoms with Gasteiger partial charge in [-0.1, -0.05) is 23.2 Å². The molecule has 134 valence electrons. The standard InChI is InChI=1S/C17H13Cl2N3O4/c1-17-8-13(11-7-10(22(24)25)3-5-15(11)26-17)20-16(23)21(17)14-4-2-9(18)6-12(14)19/h2-7,13H,8H2,1H3,(H,20,23)/t13-,17+/m0/s1. The minimum absolute atomic E-state index is 0.0478. The van der Waals surface area contributed by atoms with Crippen LogP contribution in [-0.4, -0.2) is 16.7 Å². The average Bonchev–Trinajstić information content (AvgIpc) is 2.55. The number of carbonyl (C=O) groups is 1. The topological polar surface area (TPSA) is 84.7 Å². The minimum atomic E-state index is -0.992. The summed E-state index contributed by atoms with van der Waals surface area (Å²) in [6, 6.07) is 8.44. The molecule has 0 saturated carbocycles. The highest BCUT2D eigenvalue weighted by molar-refractivity contribution is 6.36. The Morgan fingerprint density at radius 3 is 2.77 bits per heavy atom. The lowest BCUT2D eigenvalue weighted by molar-refractivity contribution is -0.385. The van der Waals surface area contributed by atoms with Crippen molar-refractivity contribution < 1.29 is 14.5 Å². The molecular weight excluding hydrogens is 381 g/mol. The summed E-state index contributed by atoms with van der Waals surface area (Å²) in [4.78, 5) is 24.8. The zero-order valence-corrected chi connectivity index (χ0v) is 15.0. The van der Waals surface area contributed by atoms with Crippen LogP contribution in [0.1, 0.15) is 24.9 Å². The molecule has 1 fully saturated rings. The molecule has 2 aromatic carbocycles. The highest BCUT2D eigenvalue weighted by Gasteiger charge is 2.50. The number of benzene rings is 2. The fraction of sp³-hybridized carbons (Fsp3) is 0.235. The van der Waals surface area contributed by atoms with Gasteiger partial charge < -0.3 is 10.1 Å². The largest absolute Gasteiger partial charge is 0.467 e. The predicted octanol–water partition coefficient (Wildman–Crippen LogP) is 4.67. The number of nitrogens with one attached hydrogen (secondary N) is 1. The van der Waals surface area contributed by atoms with Crippen molar-refractivity contribution in [2.45, 2.75) is 25.1 Å². The van der Waals surface area contributed by atoms with Gasteiger partial charge in [0.2, 0.25) is 0 Å². The van der Waals surface area contributed by atoms with E-state index in [9.17, 15) is 14.9 Å². The van der Waals surface area contributed by atoms with E-state index >= 15 is 0 Å². The molecule has 7 nitrogen and oxygen atoms in total. The Bertz CT molecular complexity index is 952. The van der Waals surface area contributed by atoms with Crippen LogP contribution in [0.3, 0.4) is 0 Å². The van der Waals surface area contributed by atoms with Crippen molar-refractivity contribution in [1.29, 1.82) is 0 Å². The van der Waals surface area contributed by atoms with E-state index in [1.54, 1.807) is 31.2 Å². The maximum atomic E-state index is 12.8. The summed E-state index contributed by atoms with van der Waals surface area (Å²) in [5.41, 5.74) is 0.0216. The molecule has 1 saturated heterocycles. The number of hydrogen-bond donors (Lipinski definition) is 1. The second kappa shape index (κ2) is 5.75. The van der Waals surface area contributed by atoms with Gasteiger partial charge in [-0.3, -0.25) is 15.0 Å². The van der Waals surface area contributed by atoms with Crippen LogP contribution in [0.2, 0.25) is 10.0 Å². The average molecular weight is 394 g/mol. The first-order valence-electron chi connectivity index (χ1n) is 7.82. The maximum Gasteiger partial charge on any atom is 0.325 e. The summed E-state index contributed by atoms with van der Waals surface area (Å²) in [6.07, 6.45) is 0.409. The van der Waals surface area contributed by atoms with Crippen LogP contribution in [0.4, 0.5) is 16.2 Å². The number of urea groups is 1. The molecule has 0 unspecified atom stereocenters. The molecule has 2 amide bonds. The minimum Gasteiger partial charge on any atom is -0.467 e. The van der Waals surface area contributed by atoms with Crippen molar-refractivity contribution >= 4 is 40.6 Å². The number of nitro groups is 1. The maximum absolute atomic E-state index is 12.8. The zero-order valence-electron chi connectivity index (χ0n) is 13.5. The van der Waals surface area contributed by atoms with Gasteiger partial charge in [-0.05, 0) is 31.2 Å². The van der Waals surface area contributed by atoms with Crippen LogP contribution in [0.5, 0.6) is 5.75 Å². The lowest BCUT2D eigenvalue weighted by Gasteiger charge is -2.50. The fourth-order valence-electron chi connectivity index (χ4n) is 3.50. The molecule has 1 N–H and O–H groups in total. The van der Waals surface area contributed by atoms with E-state index in [0.29, 0.717) is 33.5 Å². The van der Waals surface area contributed by atoms with Crippen LogP contribution >= 0.6 is 23.2 Å². The van der Waals surface area contributed by atoms with E-state index in [2.05, 4.69) is 5.32 Å². The van der Waals surface area contributed by atoms with Gasteiger partial charge in [0.25, 0.3) is 5.69 Å². The van der Waals surface area contributed by atoms with E-state index in [1.807, 2.05) is 0 Å². The third-order valence-corrected chi connectivity index (χ3v) is 5.15. The number of amides is 2. The van der Waals surface area contributed by atoms with Gasteiger partial charge in [0.15, 0.2) is 5.72 Å². The molecule has 4 rings (SSSR count). The van der Waals surface area contributed by atoms with Crippen LogP contribution in [-0.2, 0) is 0 Å². The molecule has 0 aliphatic carbocycles. The summed E-state index contributed by atoms with van der Waals surface area (Å²) in [7, 11) is 0. The molecule has 0 spiro atoms. The molecule has 2 aromatic rings. The quantitative estimate of drug-likeness (QED) is 0.593. The Labute approximate surface area is 158 Å². The summed E-state index contributed by atoms with van der Waals surface area (Å²) in [5, 5.41) is 14.7. The van der Waals surface area contributed by atoms with E-state index in [1.165, 1.54) is 17.0 Å². The number of carbonyl (C=O) groups excluding carboxylic acids is 1. The molecule has 0 radical (unpaired) electrons. The Morgan fingerprint density at radius 1 is 1.31 bits per heavy atom. The molecule has 26 heavy (non-hydrogen) atoms. The van der Waals surface area contributed by atoms with Gasteiger partial charge in [-0.15, -0.1) is 0 Å². The first-order valence-corrected chi connectivity index (χ1v) is 8.57. The Morgan fingerprint density at radius 2 is 2.08 bits per heavy atom. The first-order chi connectivity index (χ1) is 12.3. The number of nitro benzene ring substituents is 1. The number of anilines is 1. The number of ether oxygens (including phenoxy) is 1. The van der Waals surface area contributed by atoms with Crippen molar-refractivity contribution in [3.8, 4) is 5.75 Å². The molecule has 2 atom stereocenters. The van der Waals surface area contributed by atoms with Gasteiger partial charge >= 0.3 is 6.03 Å². The van der Waals surface area contributed by atoms with Crippen molar-refractivity contribution in [2.75, 3.05) is 4.90 Å². The van der Waals surface area contributed by atoms with Crippen molar-refractivity contribution in [2.24, 2.45) is 0 Å². The zero-order chi connectivity index (χ0) is 18.6. The smallest absolute Gasteiger partial charge is 0.325 e. The van der Waals surface area contributed by atoms with Crippen molar-refractivity contribution in [1.82, 2.24) is 5.32 Å². The molecule has 2 bridgehead atoms. The van der Waals surface area contributed by atoms with E-state index in [-0.39, 0.29) is 5.69 Å². The van der Waals surface area contributed by atoms with Gasteiger partial charge in [0.1, 0.15) is 5.75 Å². The highest BCUT2D eigenvalue weighted by Crippen LogP contribution is 2.47. The lowest BCUT2D eigenvalue weighted by Crippen LogP contribution is -2.65. The highest BCUT2D eigenvalue weighted by atomic mass is 35.5. The molecule has 2 heterocycles. The van der Waals surface area contributed by atoms with Gasteiger partial charge in [0.05, 0.1) is 21.7 Å². The Balaban J connectivity index is 1.79. The molecular formula is C17H13Cl2N3O4. The number of non-ortho nitro benzene ring substituents is 1. The second-order valence-electron chi connectivity index (χ2n) is 6.39. The van der Waals surface area contributed by atoms with Gasteiger partial charge in [-0.25, -0.2) is 4.79 Å². The summed E-state index contributed by atoms with van der Waals surface area (Å²) >= 11 is 12.2. The first kappa shape index (κ1) is 16.9. The van der Waals surface area contributed by atoms with Gasteiger partial charge in [-0.2, -0.15) is 0 Å². The van der Waals surface area contributed by atoms with Crippen molar-refractivity contribution in [3.63, 3.8) is 0 Å². The van der Waals surface area contributed by atoms with E-state index in [0.717, 1.165) is 0 Å². The predicted molar refractivity (Wildman–Crippen MR) is 97.0 cm³/mol. The summed E-state index contributed by atoms with van der Waals surface area (Å²) in [5.74, 6) is 0.490. The molecule has 0 aromatic heterocycles. The van der Waals surface area contributed by atoms with Crippen molar-refractivity contribution in [3.05, 3.63) is 62.1 Å². The number of halogens is 2. The van der Waals surface area contributed by atoms with Crippen LogP contribution in [0.25, 0.3) is 0 Å². The third kappa shape index (κ3) is 2.55. The lowest BCUT2D eigenvalue weighted by atomic mass is 9.90. The SMILES string of the molecule is C[C@@]12C[C@H](NC(=O)N1c1ccc(Cl)cc1Cl)c1cc([N+](=O)[O-])ccc1O2. The van der Waals surface area contributed by atoms with Gasteiger partial charge in [0, 0.05) is 29.1 Å². The van der Waals surface area contributed by atoms with E-state index in [4.69, 9.17) is 27.9 Å². The van der Waals surface area contributed by atoms with Crippen LogP contribution in [0, 0.1) is 10.1 Å². The molecule has 2 aliphatic heterocycles. The monoisotopic (exact) mass is 393 g/mol. The normalized spacial score (nSPS) is 23.7. The van der Waals surface area contributed by atoms with E-state index < -0.39 is 22.7 Å². The second-order valence-corrected chi connectivity index (χ2v) is 7.24. The third-order valence-electron chi connectivity index (χ3n) is 4.62. The molecule has 2 aliphatic rings. The summed E-state index contributed by atoms with van der Waals surface area (Å²) in [6.45, 7) is 1.79. The molecule has 9 heteroatoms.